The first kappa shape index (κ1) is 8.49. The molecule has 1 aromatic carbocycles. The van der Waals surface area contributed by atoms with E-state index in [-0.39, 0.29) is 0 Å². The monoisotopic (exact) mass is 188 g/mol. The summed E-state index contributed by atoms with van der Waals surface area (Å²) in [7, 11) is 0. The van der Waals surface area contributed by atoms with Crippen molar-refractivity contribution >= 4 is 0 Å². The highest BCUT2D eigenvalue weighted by molar-refractivity contribution is 5.47. The van der Waals surface area contributed by atoms with Gasteiger partial charge in [0.15, 0.2) is 0 Å². The fourth-order valence-corrected chi connectivity index (χ4v) is 3.19. The van der Waals surface area contributed by atoms with E-state index in [1.165, 1.54) is 36.8 Å². The standard InChI is InChI=1S/C13H16O/c14-13-9-5-1-2-7-11(13)10-6-3-4-8-12(10)13/h3-4,6,8,11,14H,1-2,5,7,9H2/t11-,13-/m0/s1. The lowest BCUT2D eigenvalue weighted by molar-refractivity contribution is -0.0270. The Labute approximate surface area is 84.8 Å². The van der Waals surface area contributed by atoms with E-state index >= 15 is 0 Å². The summed E-state index contributed by atoms with van der Waals surface area (Å²) >= 11 is 0. The van der Waals surface area contributed by atoms with E-state index in [2.05, 4.69) is 18.2 Å². The second-order valence-electron chi connectivity index (χ2n) is 4.66. The van der Waals surface area contributed by atoms with Gasteiger partial charge in [0.25, 0.3) is 0 Å². The van der Waals surface area contributed by atoms with Crippen LogP contribution in [0.15, 0.2) is 24.3 Å². The van der Waals surface area contributed by atoms with Crippen LogP contribution in [0.2, 0.25) is 0 Å². The van der Waals surface area contributed by atoms with Crippen LogP contribution in [0.25, 0.3) is 0 Å². The predicted octanol–water partition coefficient (Wildman–Crippen LogP) is 2.94. The molecule has 3 rings (SSSR count). The summed E-state index contributed by atoms with van der Waals surface area (Å²) in [5.41, 5.74) is 2.14. The van der Waals surface area contributed by atoms with Crippen molar-refractivity contribution in [1.29, 1.82) is 0 Å². The first-order valence-corrected chi connectivity index (χ1v) is 5.64. The largest absolute Gasteiger partial charge is 0.385 e. The van der Waals surface area contributed by atoms with Gasteiger partial charge < -0.3 is 5.11 Å². The molecule has 1 aromatic rings. The summed E-state index contributed by atoms with van der Waals surface area (Å²) in [5.74, 6) is 0.432. The summed E-state index contributed by atoms with van der Waals surface area (Å²) in [6.07, 6.45) is 5.89. The Balaban J connectivity index is 2.06. The number of fused-ring (bicyclic) bond motifs is 4. The van der Waals surface area contributed by atoms with Gasteiger partial charge in [-0.2, -0.15) is 0 Å². The molecule has 1 saturated carbocycles. The highest BCUT2D eigenvalue weighted by Crippen LogP contribution is 2.56. The zero-order valence-electron chi connectivity index (χ0n) is 8.37. The van der Waals surface area contributed by atoms with Crippen LogP contribution in [-0.2, 0) is 5.60 Å². The molecule has 1 nitrogen and oxygen atoms in total. The van der Waals surface area contributed by atoms with Gasteiger partial charge in [-0.15, -0.1) is 0 Å². The van der Waals surface area contributed by atoms with E-state index in [1.807, 2.05) is 6.07 Å². The smallest absolute Gasteiger partial charge is 0.0967 e. The minimum Gasteiger partial charge on any atom is -0.385 e. The molecule has 0 unspecified atom stereocenters. The highest BCUT2D eigenvalue weighted by atomic mass is 16.3. The van der Waals surface area contributed by atoms with Crippen molar-refractivity contribution in [3.8, 4) is 0 Å². The summed E-state index contributed by atoms with van der Waals surface area (Å²) < 4.78 is 0. The highest BCUT2D eigenvalue weighted by Gasteiger charge is 2.49. The number of hydrogen-bond donors (Lipinski definition) is 1. The molecule has 0 aliphatic heterocycles. The van der Waals surface area contributed by atoms with Crippen molar-refractivity contribution in [2.24, 2.45) is 0 Å². The minimum absolute atomic E-state index is 0.432. The molecular weight excluding hydrogens is 172 g/mol. The summed E-state index contributed by atoms with van der Waals surface area (Å²) in [6, 6.07) is 8.40. The predicted molar refractivity (Wildman–Crippen MR) is 56.2 cm³/mol. The van der Waals surface area contributed by atoms with Gasteiger partial charge >= 0.3 is 0 Å². The Hall–Kier alpha value is -0.820. The Kier molecular flexibility index (Phi) is 1.72. The van der Waals surface area contributed by atoms with Crippen molar-refractivity contribution in [1.82, 2.24) is 0 Å². The quantitative estimate of drug-likeness (QED) is 0.663. The van der Waals surface area contributed by atoms with Crippen LogP contribution in [0.1, 0.15) is 49.1 Å². The van der Waals surface area contributed by atoms with Crippen LogP contribution < -0.4 is 0 Å². The molecule has 0 aromatic heterocycles. The van der Waals surface area contributed by atoms with Gasteiger partial charge in [0, 0.05) is 5.92 Å². The molecule has 1 fully saturated rings. The zero-order chi connectivity index (χ0) is 9.60. The molecule has 2 atom stereocenters. The fourth-order valence-electron chi connectivity index (χ4n) is 3.19. The molecule has 0 spiro atoms. The third-order valence-electron chi connectivity index (χ3n) is 3.93. The number of hydrogen-bond acceptors (Lipinski definition) is 1. The van der Waals surface area contributed by atoms with E-state index in [0.717, 1.165) is 6.42 Å². The average molecular weight is 188 g/mol. The van der Waals surface area contributed by atoms with Crippen molar-refractivity contribution < 1.29 is 5.11 Å². The Morgan fingerprint density at radius 1 is 1.14 bits per heavy atom. The molecule has 14 heavy (non-hydrogen) atoms. The summed E-state index contributed by atoms with van der Waals surface area (Å²) in [4.78, 5) is 0. The van der Waals surface area contributed by atoms with Gasteiger partial charge in [0.2, 0.25) is 0 Å². The van der Waals surface area contributed by atoms with E-state index in [4.69, 9.17) is 0 Å². The molecule has 0 radical (unpaired) electrons. The number of benzene rings is 1. The molecule has 2 aliphatic rings. The molecule has 1 heteroatoms. The second-order valence-corrected chi connectivity index (χ2v) is 4.66. The van der Waals surface area contributed by atoms with Crippen LogP contribution in [0.4, 0.5) is 0 Å². The van der Waals surface area contributed by atoms with Gasteiger partial charge in [-0.3, -0.25) is 0 Å². The third kappa shape index (κ3) is 0.936. The summed E-state index contributed by atoms with van der Waals surface area (Å²) in [5, 5.41) is 10.6. The lowest BCUT2D eigenvalue weighted by Crippen LogP contribution is -2.42. The van der Waals surface area contributed by atoms with E-state index in [0.29, 0.717) is 5.92 Å². The van der Waals surface area contributed by atoms with Crippen LogP contribution in [0.5, 0.6) is 0 Å². The SMILES string of the molecule is O[C@@]12CCCCC[C@H]1c1ccccc12. The van der Waals surface area contributed by atoms with E-state index in [1.54, 1.807) is 0 Å². The first-order chi connectivity index (χ1) is 6.82. The Bertz CT molecular complexity index is 358. The fraction of sp³-hybridized carbons (Fsp3) is 0.538. The molecular formula is C13H16O. The van der Waals surface area contributed by atoms with Crippen LogP contribution >= 0.6 is 0 Å². The molecule has 0 saturated heterocycles. The van der Waals surface area contributed by atoms with Crippen molar-refractivity contribution in [3.63, 3.8) is 0 Å². The maximum atomic E-state index is 10.6. The number of aliphatic hydroxyl groups is 1. The first-order valence-electron chi connectivity index (χ1n) is 5.64. The minimum atomic E-state index is -0.465. The second kappa shape index (κ2) is 2.83. The molecule has 0 heterocycles. The lowest BCUT2D eigenvalue weighted by Gasteiger charge is -2.47. The molecule has 0 bridgehead atoms. The molecule has 2 aliphatic carbocycles. The Morgan fingerprint density at radius 3 is 2.93 bits per heavy atom. The molecule has 74 valence electrons. The summed E-state index contributed by atoms with van der Waals surface area (Å²) in [6.45, 7) is 0. The third-order valence-corrected chi connectivity index (χ3v) is 3.93. The van der Waals surface area contributed by atoms with Crippen molar-refractivity contribution in [3.05, 3.63) is 35.4 Å². The van der Waals surface area contributed by atoms with Crippen molar-refractivity contribution in [2.75, 3.05) is 0 Å². The average Bonchev–Trinajstić information content (AvgIpc) is 2.37. The van der Waals surface area contributed by atoms with Gasteiger partial charge in [-0.25, -0.2) is 0 Å². The lowest BCUT2D eigenvalue weighted by atomic mass is 9.62. The van der Waals surface area contributed by atoms with E-state index in [9.17, 15) is 5.11 Å². The van der Waals surface area contributed by atoms with Gasteiger partial charge in [-0.1, -0.05) is 43.5 Å². The van der Waals surface area contributed by atoms with Crippen LogP contribution in [0.3, 0.4) is 0 Å². The van der Waals surface area contributed by atoms with Crippen LogP contribution in [-0.4, -0.2) is 5.11 Å². The van der Waals surface area contributed by atoms with Gasteiger partial charge in [0.05, 0.1) is 5.60 Å². The Morgan fingerprint density at radius 2 is 2.00 bits per heavy atom. The molecule has 1 N–H and O–H groups in total. The van der Waals surface area contributed by atoms with Crippen LogP contribution in [0, 0.1) is 0 Å². The zero-order valence-corrected chi connectivity index (χ0v) is 8.37. The maximum Gasteiger partial charge on any atom is 0.0967 e. The van der Waals surface area contributed by atoms with Crippen molar-refractivity contribution in [2.45, 2.75) is 43.6 Å². The van der Waals surface area contributed by atoms with E-state index < -0.39 is 5.60 Å². The normalized spacial score (nSPS) is 35.1. The topological polar surface area (TPSA) is 20.2 Å². The van der Waals surface area contributed by atoms with Gasteiger partial charge in [0.1, 0.15) is 0 Å². The maximum absolute atomic E-state index is 10.6. The van der Waals surface area contributed by atoms with Gasteiger partial charge in [-0.05, 0) is 24.0 Å². The number of rotatable bonds is 0. The molecule has 0 amide bonds.